The fourth-order valence-electron chi connectivity index (χ4n) is 1.96. The molecule has 0 fully saturated rings. The Labute approximate surface area is 120 Å². The minimum absolute atomic E-state index is 0.0856. The first-order chi connectivity index (χ1) is 10.3. The second kappa shape index (κ2) is 5.54. The van der Waals surface area contributed by atoms with E-state index in [0.29, 0.717) is 17.4 Å². The molecule has 0 aliphatic rings. The topological polar surface area (TPSA) is 88.0 Å². The number of rotatable bonds is 3. The van der Waals surface area contributed by atoms with Crippen LogP contribution < -0.4 is 5.32 Å². The molecule has 0 bridgehead atoms. The Kier molecular flexibility index (Phi) is 3.42. The van der Waals surface area contributed by atoms with E-state index in [0.717, 1.165) is 5.56 Å². The first-order valence-electron chi connectivity index (χ1n) is 6.37. The monoisotopic (exact) mass is 280 g/mol. The fraction of sp³-hybridized carbons (Fsp3) is 0.0667. The van der Waals surface area contributed by atoms with Crippen molar-refractivity contribution < 1.29 is 9.90 Å². The summed E-state index contributed by atoms with van der Waals surface area (Å²) in [6.45, 7) is 0.306. The molecule has 1 amide bonds. The molecular weight excluding hydrogens is 268 g/mol. The third kappa shape index (κ3) is 2.64. The van der Waals surface area contributed by atoms with Crippen LogP contribution >= 0.6 is 0 Å². The predicted molar refractivity (Wildman–Crippen MR) is 76.6 cm³/mol. The van der Waals surface area contributed by atoms with E-state index in [9.17, 15) is 9.90 Å². The third-order valence-electron chi connectivity index (χ3n) is 3.03. The molecule has 3 aromatic rings. The van der Waals surface area contributed by atoms with Crippen molar-refractivity contribution in [2.24, 2.45) is 0 Å². The zero-order valence-corrected chi connectivity index (χ0v) is 11.0. The Hall–Kier alpha value is -3.02. The van der Waals surface area contributed by atoms with Crippen molar-refractivity contribution in [1.82, 2.24) is 20.5 Å². The number of carbonyl (C=O) groups is 1. The van der Waals surface area contributed by atoms with Crippen LogP contribution in [0.3, 0.4) is 0 Å². The number of hydrogen-bond acceptors (Lipinski definition) is 5. The molecule has 6 nitrogen and oxygen atoms in total. The number of fused-ring (bicyclic) bond motifs is 1. The highest BCUT2D eigenvalue weighted by atomic mass is 16.3. The highest BCUT2D eigenvalue weighted by molar-refractivity contribution is 6.00. The van der Waals surface area contributed by atoms with Crippen molar-refractivity contribution in [3.63, 3.8) is 0 Å². The first kappa shape index (κ1) is 13.0. The van der Waals surface area contributed by atoms with Gasteiger partial charge in [0, 0.05) is 24.3 Å². The van der Waals surface area contributed by atoms with E-state index in [2.05, 4.69) is 20.5 Å². The largest absolute Gasteiger partial charge is 0.505 e. The maximum Gasteiger partial charge on any atom is 0.275 e. The SMILES string of the molecule is O=C(NCc1cccnc1)c1nnc2ccccc2c1O. The molecule has 104 valence electrons. The van der Waals surface area contributed by atoms with Gasteiger partial charge in [-0.1, -0.05) is 18.2 Å². The number of nitrogens with zero attached hydrogens (tertiary/aromatic N) is 3. The van der Waals surface area contributed by atoms with Gasteiger partial charge in [-0.25, -0.2) is 0 Å². The van der Waals surface area contributed by atoms with Crippen molar-refractivity contribution in [3.05, 3.63) is 60.0 Å². The Balaban J connectivity index is 1.83. The molecule has 0 atom stereocenters. The molecule has 2 aromatic heterocycles. The van der Waals surface area contributed by atoms with E-state index in [1.165, 1.54) is 0 Å². The molecule has 21 heavy (non-hydrogen) atoms. The predicted octanol–water partition coefficient (Wildman–Crippen LogP) is 1.66. The molecule has 0 saturated heterocycles. The summed E-state index contributed by atoms with van der Waals surface area (Å²) in [4.78, 5) is 16.1. The van der Waals surface area contributed by atoms with Gasteiger partial charge in [0.05, 0.1) is 5.52 Å². The van der Waals surface area contributed by atoms with Gasteiger partial charge in [-0.15, -0.1) is 10.2 Å². The molecule has 0 aliphatic heterocycles. The average molecular weight is 280 g/mol. The van der Waals surface area contributed by atoms with Crippen molar-refractivity contribution in [2.45, 2.75) is 6.54 Å². The Morgan fingerprint density at radius 2 is 2.00 bits per heavy atom. The molecule has 0 radical (unpaired) electrons. The van der Waals surface area contributed by atoms with E-state index in [4.69, 9.17) is 0 Å². The quantitative estimate of drug-likeness (QED) is 0.761. The number of benzene rings is 1. The van der Waals surface area contributed by atoms with Crippen LogP contribution in [-0.4, -0.2) is 26.2 Å². The molecule has 3 rings (SSSR count). The van der Waals surface area contributed by atoms with Gasteiger partial charge in [0.2, 0.25) is 0 Å². The van der Waals surface area contributed by atoms with Crippen LogP contribution in [0, 0.1) is 0 Å². The lowest BCUT2D eigenvalue weighted by Gasteiger charge is -2.07. The normalized spacial score (nSPS) is 10.5. The van der Waals surface area contributed by atoms with Gasteiger partial charge >= 0.3 is 0 Å². The third-order valence-corrected chi connectivity index (χ3v) is 3.03. The maximum absolute atomic E-state index is 12.1. The van der Waals surface area contributed by atoms with Gasteiger partial charge in [-0.2, -0.15) is 0 Å². The van der Waals surface area contributed by atoms with E-state index < -0.39 is 5.91 Å². The highest BCUT2D eigenvalue weighted by Gasteiger charge is 2.16. The molecule has 0 spiro atoms. The summed E-state index contributed by atoms with van der Waals surface area (Å²) in [7, 11) is 0. The summed E-state index contributed by atoms with van der Waals surface area (Å²) in [5.41, 5.74) is 1.32. The molecule has 2 heterocycles. The molecule has 0 saturated carbocycles. The van der Waals surface area contributed by atoms with Gasteiger partial charge in [-0.05, 0) is 23.8 Å². The number of nitrogens with one attached hydrogen (secondary N) is 1. The van der Waals surface area contributed by atoms with Crippen molar-refractivity contribution in [2.75, 3.05) is 0 Å². The van der Waals surface area contributed by atoms with Gasteiger partial charge in [0.15, 0.2) is 11.4 Å². The second-order valence-corrected chi connectivity index (χ2v) is 4.46. The average Bonchev–Trinajstić information content (AvgIpc) is 2.54. The molecular formula is C15H12N4O2. The zero-order valence-electron chi connectivity index (χ0n) is 11.0. The Morgan fingerprint density at radius 3 is 2.81 bits per heavy atom. The standard InChI is InChI=1S/C15H12N4O2/c20-14-11-5-1-2-6-12(11)18-19-13(14)15(21)17-9-10-4-3-7-16-8-10/h1-8H,9H2,(H,17,21)(H,18,20). The van der Waals surface area contributed by atoms with Gasteiger partial charge in [-0.3, -0.25) is 9.78 Å². The number of hydrogen-bond donors (Lipinski definition) is 2. The van der Waals surface area contributed by atoms with Gasteiger partial charge in [0.25, 0.3) is 5.91 Å². The summed E-state index contributed by atoms with van der Waals surface area (Å²) < 4.78 is 0. The smallest absolute Gasteiger partial charge is 0.275 e. The van der Waals surface area contributed by atoms with E-state index in [1.54, 1.807) is 42.7 Å². The molecule has 6 heteroatoms. The van der Waals surface area contributed by atoms with Crippen LogP contribution in [-0.2, 0) is 6.54 Å². The Morgan fingerprint density at radius 1 is 1.14 bits per heavy atom. The highest BCUT2D eigenvalue weighted by Crippen LogP contribution is 2.24. The summed E-state index contributed by atoms with van der Waals surface area (Å²) in [6, 6.07) is 10.6. The van der Waals surface area contributed by atoms with Crippen LogP contribution in [0.25, 0.3) is 10.9 Å². The lowest BCUT2D eigenvalue weighted by Crippen LogP contribution is -2.24. The molecule has 2 N–H and O–H groups in total. The second-order valence-electron chi connectivity index (χ2n) is 4.46. The summed E-state index contributed by atoms with van der Waals surface area (Å²) in [5, 5.41) is 21.0. The molecule has 0 unspecified atom stereocenters. The minimum atomic E-state index is -0.477. The zero-order chi connectivity index (χ0) is 14.7. The summed E-state index contributed by atoms with van der Waals surface area (Å²) in [6.07, 6.45) is 3.32. The number of amides is 1. The van der Waals surface area contributed by atoms with Crippen molar-refractivity contribution in [3.8, 4) is 5.75 Å². The lowest BCUT2D eigenvalue weighted by atomic mass is 10.2. The fourth-order valence-corrected chi connectivity index (χ4v) is 1.96. The van der Waals surface area contributed by atoms with E-state index >= 15 is 0 Å². The van der Waals surface area contributed by atoms with E-state index in [-0.39, 0.29) is 11.4 Å². The number of aromatic hydroxyl groups is 1. The summed E-state index contributed by atoms with van der Waals surface area (Å²) >= 11 is 0. The molecule has 1 aromatic carbocycles. The number of aromatic nitrogens is 3. The van der Waals surface area contributed by atoms with Gasteiger partial charge in [0.1, 0.15) is 0 Å². The lowest BCUT2D eigenvalue weighted by molar-refractivity contribution is 0.0942. The maximum atomic E-state index is 12.1. The minimum Gasteiger partial charge on any atom is -0.505 e. The van der Waals surface area contributed by atoms with Crippen LogP contribution in [0.2, 0.25) is 0 Å². The van der Waals surface area contributed by atoms with Crippen molar-refractivity contribution >= 4 is 16.8 Å². The van der Waals surface area contributed by atoms with Crippen LogP contribution in [0.15, 0.2) is 48.8 Å². The Bertz CT molecular complexity index is 790. The van der Waals surface area contributed by atoms with Crippen molar-refractivity contribution in [1.29, 1.82) is 0 Å². The summed E-state index contributed by atoms with van der Waals surface area (Å²) in [5.74, 6) is -0.640. The van der Waals surface area contributed by atoms with E-state index in [1.807, 2.05) is 6.07 Å². The van der Waals surface area contributed by atoms with Crippen LogP contribution in [0.1, 0.15) is 16.1 Å². The first-order valence-corrected chi connectivity index (χ1v) is 6.37. The molecule has 0 aliphatic carbocycles. The number of carbonyl (C=O) groups excluding carboxylic acids is 1. The van der Waals surface area contributed by atoms with Crippen LogP contribution in [0.4, 0.5) is 0 Å². The van der Waals surface area contributed by atoms with Crippen LogP contribution in [0.5, 0.6) is 5.75 Å². The van der Waals surface area contributed by atoms with Gasteiger partial charge < -0.3 is 10.4 Å². The number of pyridine rings is 1.